The zero-order chi connectivity index (χ0) is 14.0. The van der Waals surface area contributed by atoms with Crippen LogP contribution in [0, 0.1) is 0 Å². The van der Waals surface area contributed by atoms with Crippen LogP contribution in [-0.4, -0.2) is 33.5 Å². The van der Waals surface area contributed by atoms with Crippen molar-refractivity contribution >= 4 is 6.09 Å². The topological polar surface area (TPSA) is 69.0 Å². The SMILES string of the molecule is CNC(=O)OC(C)(C)CC(C)(C)c1ncn(C)n1. The van der Waals surface area contributed by atoms with Crippen LogP contribution in [0.25, 0.3) is 0 Å². The molecule has 1 heterocycles. The Balaban J connectivity index is 2.78. The van der Waals surface area contributed by atoms with Crippen LogP contribution in [-0.2, 0) is 17.2 Å². The molecule has 0 saturated heterocycles. The molecule has 1 aromatic heterocycles. The van der Waals surface area contributed by atoms with Gasteiger partial charge in [0.25, 0.3) is 0 Å². The van der Waals surface area contributed by atoms with Crippen LogP contribution in [0.3, 0.4) is 0 Å². The molecule has 0 aromatic carbocycles. The fourth-order valence-corrected chi connectivity index (χ4v) is 2.13. The van der Waals surface area contributed by atoms with Crippen molar-refractivity contribution in [3.63, 3.8) is 0 Å². The van der Waals surface area contributed by atoms with Gasteiger partial charge in [-0.05, 0) is 20.3 Å². The lowest BCUT2D eigenvalue weighted by molar-refractivity contribution is 0.0191. The third-order valence-electron chi connectivity index (χ3n) is 2.65. The van der Waals surface area contributed by atoms with Crippen molar-refractivity contribution in [2.75, 3.05) is 7.05 Å². The van der Waals surface area contributed by atoms with E-state index in [4.69, 9.17) is 4.74 Å². The number of alkyl carbamates (subject to hydrolysis) is 1. The molecule has 1 rings (SSSR count). The highest BCUT2D eigenvalue weighted by Crippen LogP contribution is 2.31. The van der Waals surface area contributed by atoms with Gasteiger partial charge in [0.1, 0.15) is 11.9 Å². The van der Waals surface area contributed by atoms with Crippen LogP contribution in [0.2, 0.25) is 0 Å². The Morgan fingerprint density at radius 2 is 2.06 bits per heavy atom. The summed E-state index contributed by atoms with van der Waals surface area (Å²) in [5.41, 5.74) is -0.846. The van der Waals surface area contributed by atoms with E-state index in [-0.39, 0.29) is 5.41 Å². The average molecular weight is 254 g/mol. The molecule has 0 saturated carbocycles. The van der Waals surface area contributed by atoms with Crippen molar-refractivity contribution < 1.29 is 9.53 Å². The third-order valence-corrected chi connectivity index (χ3v) is 2.65. The smallest absolute Gasteiger partial charge is 0.407 e. The van der Waals surface area contributed by atoms with Crippen LogP contribution in [0.15, 0.2) is 6.33 Å². The Kier molecular flexibility index (Phi) is 3.98. The molecule has 0 atom stereocenters. The minimum atomic E-state index is -0.581. The Hall–Kier alpha value is -1.59. The molecular formula is C12H22N4O2. The molecule has 0 aliphatic heterocycles. The first-order chi connectivity index (χ1) is 8.16. The largest absolute Gasteiger partial charge is 0.444 e. The predicted molar refractivity (Wildman–Crippen MR) is 68.3 cm³/mol. The van der Waals surface area contributed by atoms with E-state index in [1.165, 1.54) is 0 Å². The number of ether oxygens (including phenoxy) is 1. The molecule has 18 heavy (non-hydrogen) atoms. The Morgan fingerprint density at radius 3 is 2.50 bits per heavy atom. The lowest BCUT2D eigenvalue weighted by Crippen LogP contribution is -2.38. The number of hydrogen-bond donors (Lipinski definition) is 1. The van der Waals surface area contributed by atoms with Crippen molar-refractivity contribution in [3.05, 3.63) is 12.2 Å². The highest BCUT2D eigenvalue weighted by molar-refractivity contribution is 5.67. The summed E-state index contributed by atoms with van der Waals surface area (Å²) in [7, 11) is 3.38. The normalized spacial score (nSPS) is 12.3. The molecule has 102 valence electrons. The highest BCUT2D eigenvalue weighted by Gasteiger charge is 2.35. The molecule has 0 fully saturated rings. The second-order valence-electron chi connectivity index (χ2n) is 5.70. The minimum Gasteiger partial charge on any atom is -0.444 e. The highest BCUT2D eigenvalue weighted by atomic mass is 16.6. The second-order valence-corrected chi connectivity index (χ2v) is 5.70. The number of hydrogen-bond acceptors (Lipinski definition) is 4. The van der Waals surface area contributed by atoms with Gasteiger partial charge < -0.3 is 10.1 Å². The zero-order valence-electron chi connectivity index (χ0n) is 11.9. The van der Waals surface area contributed by atoms with Crippen molar-refractivity contribution in [2.45, 2.75) is 45.1 Å². The van der Waals surface area contributed by atoms with E-state index in [0.29, 0.717) is 6.42 Å². The van der Waals surface area contributed by atoms with Crippen LogP contribution in [0.1, 0.15) is 39.9 Å². The van der Waals surface area contributed by atoms with E-state index in [9.17, 15) is 4.79 Å². The first-order valence-corrected chi connectivity index (χ1v) is 5.93. The standard InChI is InChI=1S/C12H22N4O2/c1-11(2,9-14-8-16(6)15-9)7-12(3,4)18-10(17)13-5/h8H,7H2,1-6H3,(H,13,17). The van der Waals surface area contributed by atoms with E-state index < -0.39 is 11.7 Å². The molecule has 1 aromatic rings. The first kappa shape index (κ1) is 14.5. The summed E-state index contributed by atoms with van der Waals surface area (Å²) in [5, 5.41) is 6.77. The van der Waals surface area contributed by atoms with Crippen LogP contribution < -0.4 is 5.32 Å². The maximum Gasteiger partial charge on any atom is 0.407 e. The predicted octanol–water partition coefficient (Wildman–Crippen LogP) is 1.62. The Morgan fingerprint density at radius 1 is 1.44 bits per heavy atom. The Labute approximate surface area is 108 Å². The van der Waals surface area contributed by atoms with Gasteiger partial charge in [-0.25, -0.2) is 9.78 Å². The summed E-state index contributed by atoms with van der Waals surface area (Å²) in [5.74, 6) is 0.749. The molecule has 1 amide bonds. The molecule has 6 heteroatoms. The lowest BCUT2D eigenvalue weighted by Gasteiger charge is -2.32. The van der Waals surface area contributed by atoms with Gasteiger partial charge in [0.05, 0.1) is 0 Å². The second kappa shape index (κ2) is 4.96. The lowest BCUT2D eigenvalue weighted by atomic mass is 9.81. The number of amides is 1. The van der Waals surface area contributed by atoms with E-state index in [2.05, 4.69) is 15.4 Å². The summed E-state index contributed by atoms with van der Waals surface area (Å²) < 4.78 is 7.01. The molecule has 0 aliphatic rings. The summed E-state index contributed by atoms with van der Waals surface area (Å²) >= 11 is 0. The quantitative estimate of drug-likeness (QED) is 0.886. The molecule has 0 bridgehead atoms. The van der Waals surface area contributed by atoms with Crippen LogP contribution >= 0.6 is 0 Å². The number of nitrogens with zero attached hydrogens (tertiary/aromatic N) is 3. The number of aryl methyl sites for hydroxylation is 1. The van der Waals surface area contributed by atoms with Crippen LogP contribution in [0.4, 0.5) is 4.79 Å². The van der Waals surface area contributed by atoms with Crippen molar-refractivity contribution in [1.82, 2.24) is 20.1 Å². The number of nitrogens with one attached hydrogen (secondary N) is 1. The van der Waals surface area contributed by atoms with E-state index in [1.807, 2.05) is 34.7 Å². The van der Waals surface area contributed by atoms with Gasteiger partial charge in [-0.3, -0.25) is 4.68 Å². The summed E-state index contributed by atoms with van der Waals surface area (Å²) in [6.45, 7) is 7.84. The summed E-state index contributed by atoms with van der Waals surface area (Å²) in [6, 6.07) is 0. The molecule has 0 spiro atoms. The Bertz CT molecular complexity index is 423. The number of aromatic nitrogens is 3. The number of carbonyl (C=O) groups excluding carboxylic acids is 1. The van der Waals surface area contributed by atoms with Gasteiger partial charge in [0.15, 0.2) is 5.82 Å². The first-order valence-electron chi connectivity index (χ1n) is 5.93. The van der Waals surface area contributed by atoms with Crippen molar-refractivity contribution in [2.24, 2.45) is 7.05 Å². The fourth-order valence-electron chi connectivity index (χ4n) is 2.13. The maximum absolute atomic E-state index is 11.3. The summed E-state index contributed by atoms with van der Waals surface area (Å²) in [4.78, 5) is 15.6. The molecular weight excluding hydrogens is 232 g/mol. The monoisotopic (exact) mass is 254 g/mol. The van der Waals surface area contributed by atoms with Gasteiger partial charge in [-0.15, -0.1) is 0 Å². The number of carbonyl (C=O) groups is 1. The van der Waals surface area contributed by atoms with Gasteiger partial charge in [-0.2, -0.15) is 5.10 Å². The molecule has 0 unspecified atom stereocenters. The van der Waals surface area contributed by atoms with E-state index in [1.54, 1.807) is 18.1 Å². The van der Waals surface area contributed by atoms with E-state index >= 15 is 0 Å². The van der Waals surface area contributed by atoms with Crippen molar-refractivity contribution in [3.8, 4) is 0 Å². The minimum absolute atomic E-state index is 0.265. The molecule has 0 aliphatic carbocycles. The van der Waals surface area contributed by atoms with Gasteiger partial charge >= 0.3 is 6.09 Å². The zero-order valence-corrected chi connectivity index (χ0v) is 11.9. The van der Waals surface area contributed by atoms with Crippen molar-refractivity contribution in [1.29, 1.82) is 0 Å². The third kappa shape index (κ3) is 3.72. The average Bonchev–Trinajstić information content (AvgIpc) is 2.63. The number of rotatable bonds is 4. The molecule has 6 nitrogen and oxygen atoms in total. The van der Waals surface area contributed by atoms with E-state index in [0.717, 1.165) is 5.82 Å². The molecule has 0 radical (unpaired) electrons. The van der Waals surface area contributed by atoms with Gasteiger partial charge in [0, 0.05) is 19.5 Å². The fraction of sp³-hybridized carbons (Fsp3) is 0.750. The maximum atomic E-state index is 11.3. The van der Waals surface area contributed by atoms with Gasteiger partial charge in [0.2, 0.25) is 0 Å². The van der Waals surface area contributed by atoms with Crippen LogP contribution in [0.5, 0.6) is 0 Å². The van der Waals surface area contributed by atoms with Gasteiger partial charge in [-0.1, -0.05) is 13.8 Å². The summed E-state index contributed by atoms with van der Waals surface area (Å²) in [6.07, 6.45) is 1.88. The molecule has 1 N–H and O–H groups in total.